The summed E-state index contributed by atoms with van der Waals surface area (Å²) in [6, 6.07) is 0.726. The number of rotatable bonds is 1. The van der Waals surface area contributed by atoms with Gasteiger partial charge in [-0.3, -0.25) is 4.90 Å². The number of hydrogen-bond acceptors (Lipinski definition) is 4. The molecule has 3 fully saturated rings. The second-order valence-corrected chi connectivity index (χ2v) is 7.14. The Labute approximate surface area is 102 Å². The van der Waals surface area contributed by atoms with Crippen LogP contribution in [0.4, 0.5) is 0 Å². The van der Waals surface area contributed by atoms with Crippen LogP contribution in [0.3, 0.4) is 0 Å². The lowest BCUT2D eigenvalue weighted by Crippen LogP contribution is -2.69. The van der Waals surface area contributed by atoms with Crippen LogP contribution in [-0.4, -0.2) is 53.3 Å². The SMILES string of the molecule is CC1(N)CN(C2CCOC3(CCSC3)C2)C1. The van der Waals surface area contributed by atoms with E-state index in [1.54, 1.807) is 0 Å². The van der Waals surface area contributed by atoms with E-state index in [0.29, 0.717) is 0 Å². The van der Waals surface area contributed by atoms with E-state index in [9.17, 15) is 0 Å². The third-order valence-electron chi connectivity index (χ3n) is 4.18. The van der Waals surface area contributed by atoms with Crippen LogP contribution in [-0.2, 0) is 4.74 Å². The van der Waals surface area contributed by atoms with E-state index in [2.05, 4.69) is 23.6 Å². The molecule has 0 aliphatic carbocycles. The van der Waals surface area contributed by atoms with Crippen molar-refractivity contribution in [3.8, 4) is 0 Å². The molecule has 3 rings (SSSR count). The quantitative estimate of drug-likeness (QED) is 0.746. The Morgan fingerprint density at radius 3 is 2.88 bits per heavy atom. The molecule has 0 amide bonds. The Balaban J connectivity index is 1.60. The van der Waals surface area contributed by atoms with Crippen molar-refractivity contribution in [1.29, 1.82) is 0 Å². The minimum absolute atomic E-state index is 0.0654. The van der Waals surface area contributed by atoms with Gasteiger partial charge in [0.25, 0.3) is 0 Å². The first-order valence-corrected chi connectivity index (χ1v) is 7.49. The monoisotopic (exact) mass is 242 g/mol. The highest BCUT2D eigenvalue weighted by Gasteiger charge is 2.46. The zero-order valence-corrected chi connectivity index (χ0v) is 10.9. The summed E-state index contributed by atoms with van der Waals surface area (Å²) < 4.78 is 6.05. The molecule has 3 aliphatic heterocycles. The minimum Gasteiger partial charge on any atom is -0.374 e. The summed E-state index contributed by atoms with van der Waals surface area (Å²) in [6.07, 6.45) is 3.68. The molecular weight excluding hydrogens is 220 g/mol. The van der Waals surface area contributed by atoms with Crippen LogP contribution < -0.4 is 5.73 Å². The van der Waals surface area contributed by atoms with Gasteiger partial charge < -0.3 is 10.5 Å². The number of ether oxygens (including phenoxy) is 1. The van der Waals surface area contributed by atoms with Gasteiger partial charge in [-0.25, -0.2) is 0 Å². The van der Waals surface area contributed by atoms with Crippen molar-refractivity contribution in [3.63, 3.8) is 0 Å². The van der Waals surface area contributed by atoms with Crippen LogP contribution in [0.1, 0.15) is 26.2 Å². The molecule has 92 valence electrons. The smallest absolute Gasteiger partial charge is 0.0795 e. The highest BCUT2D eigenvalue weighted by atomic mass is 32.2. The molecule has 4 heteroatoms. The fraction of sp³-hybridized carbons (Fsp3) is 1.00. The zero-order chi connectivity index (χ0) is 11.2. The second kappa shape index (κ2) is 3.87. The van der Waals surface area contributed by atoms with Crippen LogP contribution in [0.25, 0.3) is 0 Å². The molecule has 2 atom stereocenters. The normalized spacial score (nSPS) is 43.5. The summed E-state index contributed by atoms with van der Waals surface area (Å²) in [6.45, 7) is 5.24. The third kappa shape index (κ3) is 2.01. The lowest BCUT2D eigenvalue weighted by molar-refractivity contribution is -0.107. The van der Waals surface area contributed by atoms with E-state index in [-0.39, 0.29) is 11.1 Å². The van der Waals surface area contributed by atoms with E-state index in [1.165, 1.54) is 30.8 Å². The van der Waals surface area contributed by atoms with Crippen molar-refractivity contribution < 1.29 is 4.74 Å². The van der Waals surface area contributed by atoms with Crippen molar-refractivity contribution in [3.05, 3.63) is 0 Å². The van der Waals surface area contributed by atoms with Gasteiger partial charge in [-0.15, -0.1) is 0 Å². The third-order valence-corrected chi connectivity index (χ3v) is 5.40. The Hall–Kier alpha value is 0.230. The maximum absolute atomic E-state index is 6.09. The summed E-state index contributed by atoms with van der Waals surface area (Å²) in [5, 5.41) is 0. The largest absolute Gasteiger partial charge is 0.374 e. The molecule has 3 heterocycles. The predicted octanol–water partition coefficient (Wildman–Crippen LogP) is 1.07. The molecule has 3 nitrogen and oxygen atoms in total. The maximum atomic E-state index is 6.09. The first-order chi connectivity index (χ1) is 7.59. The van der Waals surface area contributed by atoms with Crippen LogP contribution >= 0.6 is 11.8 Å². The Morgan fingerprint density at radius 1 is 1.44 bits per heavy atom. The summed E-state index contributed by atoms with van der Waals surface area (Å²) in [7, 11) is 0. The Kier molecular flexibility index (Phi) is 2.74. The molecule has 1 spiro atoms. The maximum Gasteiger partial charge on any atom is 0.0795 e. The fourth-order valence-electron chi connectivity index (χ4n) is 3.32. The van der Waals surface area contributed by atoms with Crippen molar-refractivity contribution in [2.24, 2.45) is 5.73 Å². The second-order valence-electron chi connectivity index (χ2n) is 6.04. The predicted molar refractivity (Wildman–Crippen MR) is 67.8 cm³/mol. The van der Waals surface area contributed by atoms with Gasteiger partial charge >= 0.3 is 0 Å². The number of nitrogens with two attached hydrogens (primary N) is 1. The summed E-state index contributed by atoms with van der Waals surface area (Å²) in [5.41, 5.74) is 6.37. The van der Waals surface area contributed by atoms with E-state index in [1.807, 2.05) is 0 Å². The zero-order valence-electron chi connectivity index (χ0n) is 10.1. The topological polar surface area (TPSA) is 38.5 Å². The lowest BCUT2D eigenvalue weighted by Gasteiger charge is -2.52. The summed E-state index contributed by atoms with van der Waals surface area (Å²) in [5.74, 6) is 2.48. The molecule has 0 aromatic carbocycles. The van der Waals surface area contributed by atoms with Crippen LogP contribution in [0.5, 0.6) is 0 Å². The highest BCUT2D eigenvalue weighted by Crippen LogP contribution is 2.40. The molecule has 0 saturated carbocycles. The van der Waals surface area contributed by atoms with Crippen molar-refractivity contribution >= 4 is 11.8 Å². The summed E-state index contributed by atoms with van der Waals surface area (Å²) in [4.78, 5) is 2.56. The van der Waals surface area contributed by atoms with E-state index in [0.717, 1.165) is 25.7 Å². The molecule has 3 saturated heterocycles. The van der Waals surface area contributed by atoms with Crippen molar-refractivity contribution in [2.45, 2.75) is 43.4 Å². The van der Waals surface area contributed by atoms with Crippen LogP contribution in [0.2, 0.25) is 0 Å². The highest BCUT2D eigenvalue weighted by molar-refractivity contribution is 7.99. The van der Waals surface area contributed by atoms with Crippen molar-refractivity contribution in [2.75, 3.05) is 31.2 Å². The molecule has 0 aromatic heterocycles. The van der Waals surface area contributed by atoms with Gasteiger partial charge in [-0.2, -0.15) is 11.8 Å². The molecule has 0 bridgehead atoms. The number of nitrogens with zero attached hydrogens (tertiary/aromatic N) is 1. The molecule has 2 N–H and O–H groups in total. The average Bonchev–Trinajstić information content (AvgIpc) is 2.63. The van der Waals surface area contributed by atoms with E-state index in [4.69, 9.17) is 10.5 Å². The molecular formula is C12H22N2OS. The standard InChI is InChI=1S/C12H22N2OS/c1-11(13)7-14(8-11)10-2-4-15-12(6-10)3-5-16-9-12/h10H,2-9,13H2,1H3. The van der Waals surface area contributed by atoms with Gasteiger partial charge in [0.1, 0.15) is 0 Å². The number of thioether (sulfide) groups is 1. The van der Waals surface area contributed by atoms with Gasteiger partial charge in [-0.05, 0) is 31.9 Å². The van der Waals surface area contributed by atoms with Crippen LogP contribution in [0.15, 0.2) is 0 Å². The van der Waals surface area contributed by atoms with Gasteiger partial charge in [0.2, 0.25) is 0 Å². The van der Waals surface area contributed by atoms with E-state index >= 15 is 0 Å². The molecule has 2 unspecified atom stereocenters. The van der Waals surface area contributed by atoms with Gasteiger partial charge in [-0.1, -0.05) is 0 Å². The molecule has 0 radical (unpaired) electrons. The number of hydrogen-bond donors (Lipinski definition) is 1. The lowest BCUT2D eigenvalue weighted by atomic mass is 9.84. The molecule has 0 aromatic rings. The van der Waals surface area contributed by atoms with Gasteiger partial charge in [0.15, 0.2) is 0 Å². The first kappa shape index (κ1) is 11.3. The average molecular weight is 242 g/mol. The summed E-state index contributed by atoms with van der Waals surface area (Å²) >= 11 is 2.05. The van der Waals surface area contributed by atoms with Gasteiger partial charge in [0.05, 0.1) is 5.60 Å². The minimum atomic E-state index is 0.0654. The van der Waals surface area contributed by atoms with Crippen LogP contribution in [0, 0.1) is 0 Å². The van der Waals surface area contributed by atoms with E-state index < -0.39 is 0 Å². The first-order valence-electron chi connectivity index (χ1n) is 6.33. The van der Waals surface area contributed by atoms with Gasteiger partial charge in [0, 0.05) is 37.0 Å². The van der Waals surface area contributed by atoms with Crippen molar-refractivity contribution in [1.82, 2.24) is 4.90 Å². The Bertz CT molecular complexity index is 268. The molecule has 3 aliphatic rings. The Morgan fingerprint density at radius 2 is 2.25 bits per heavy atom. The number of likely N-dealkylation sites (tertiary alicyclic amines) is 1. The fourth-order valence-corrected chi connectivity index (χ4v) is 4.69. The molecule has 16 heavy (non-hydrogen) atoms.